The molecule has 0 aliphatic carbocycles. The molecule has 1 fully saturated rings. The minimum absolute atomic E-state index is 0.0868. The van der Waals surface area contributed by atoms with Crippen LogP contribution in [0, 0.1) is 0 Å². The van der Waals surface area contributed by atoms with Crippen LogP contribution in [0.1, 0.15) is 25.7 Å². The van der Waals surface area contributed by atoms with E-state index in [2.05, 4.69) is 0 Å². The number of amides is 1. The largest absolute Gasteiger partial charge is 0.480 e. The average molecular weight is 277 g/mol. The first-order chi connectivity index (χ1) is 9.66. The summed E-state index contributed by atoms with van der Waals surface area (Å²) in [6, 6.07) is 8.88. The van der Waals surface area contributed by atoms with Gasteiger partial charge in [-0.05, 0) is 31.4 Å². The second-order valence-electron chi connectivity index (χ2n) is 4.90. The van der Waals surface area contributed by atoms with Crippen molar-refractivity contribution in [3.63, 3.8) is 0 Å². The summed E-state index contributed by atoms with van der Waals surface area (Å²) in [6.45, 7) is 0.359. The number of rotatable bonds is 5. The first-order valence-corrected chi connectivity index (χ1v) is 6.85. The molecule has 1 unspecified atom stereocenters. The van der Waals surface area contributed by atoms with Gasteiger partial charge < -0.3 is 14.7 Å². The molecule has 108 valence electrons. The Hall–Kier alpha value is -1.88. The fraction of sp³-hybridized carbons (Fsp3) is 0.467. The maximum atomic E-state index is 12.3. The zero-order chi connectivity index (χ0) is 14.4. The summed E-state index contributed by atoms with van der Waals surface area (Å²) in [4.78, 5) is 24.6. The Morgan fingerprint density at radius 1 is 1.25 bits per heavy atom. The lowest BCUT2D eigenvalue weighted by Crippen LogP contribution is -2.38. The van der Waals surface area contributed by atoms with Crippen LogP contribution in [0.3, 0.4) is 0 Å². The Kier molecular flexibility index (Phi) is 5.12. The third-order valence-electron chi connectivity index (χ3n) is 3.34. The van der Waals surface area contributed by atoms with Crippen molar-refractivity contribution >= 4 is 17.6 Å². The maximum absolute atomic E-state index is 12.3. The number of hydrogen-bond donors (Lipinski definition) is 1. The van der Waals surface area contributed by atoms with Crippen molar-refractivity contribution < 1.29 is 19.4 Å². The predicted molar refractivity (Wildman–Crippen MR) is 74.6 cm³/mol. The summed E-state index contributed by atoms with van der Waals surface area (Å²) in [7, 11) is 0. The lowest BCUT2D eigenvalue weighted by Gasteiger charge is -2.26. The molecular weight excluding hydrogens is 258 g/mol. The summed E-state index contributed by atoms with van der Waals surface area (Å²) in [5, 5.41) is 8.97. The standard InChI is InChI=1S/C15H19NO4/c17-14(10-13-8-4-5-9-20-13)16(11-15(18)19)12-6-2-1-3-7-12/h1-3,6-7,13H,4-5,8-11H2,(H,18,19). The summed E-state index contributed by atoms with van der Waals surface area (Å²) >= 11 is 0. The quantitative estimate of drug-likeness (QED) is 0.894. The van der Waals surface area contributed by atoms with E-state index in [4.69, 9.17) is 9.84 Å². The molecular formula is C15H19NO4. The Bertz CT molecular complexity index is 454. The third-order valence-corrected chi connectivity index (χ3v) is 3.34. The lowest BCUT2D eigenvalue weighted by molar-refractivity contribution is -0.137. The molecule has 0 bridgehead atoms. The minimum atomic E-state index is -1.02. The van der Waals surface area contributed by atoms with Gasteiger partial charge in [0.05, 0.1) is 12.5 Å². The first kappa shape index (κ1) is 14.5. The molecule has 0 aromatic heterocycles. The molecule has 1 heterocycles. The van der Waals surface area contributed by atoms with Crippen LogP contribution in [0.2, 0.25) is 0 Å². The van der Waals surface area contributed by atoms with E-state index < -0.39 is 5.97 Å². The molecule has 0 saturated carbocycles. The van der Waals surface area contributed by atoms with Crippen LogP contribution in [-0.2, 0) is 14.3 Å². The van der Waals surface area contributed by atoms with Gasteiger partial charge in [-0.3, -0.25) is 9.59 Å². The maximum Gasteiger partial charge on any atom is 0.323 e. The molecule has 5 nitrogen and oxygen atoms in total. The number of ether oxygens (including phenoxy) is 1. The summed E-state index contributed by atoms with van der Waals surface area (Å²) < 4.78 is 5.54. The van der Waals surface area contributed by atoms with Gasteiger partial charge in [0.2, 0.25) is 5.91 Å². The van der Waals surface area contributed by atoms with E-state index >= 15 is 0 Å². The smallest absolute Gasteiger partial charge is 0.323 e. The molecule has 1 atom stereocenters. The summed E-state index contributed by atoms with van der Waals surface area (Å²) in [5.74, 6) is -1.22. The molecule has 1 saturated heterocycles. The van der Waals surface area contributed by atoms with Gasteiger partial charge in [-0.1, -0.05) is 18.2 Å². The van der Waals surface area contributed by atoms with Gasteiger partial charge in [-0.15, -0.1) is 0 Å². The molecule has 0 spiro atoms. The van der Waals surface area contributed by atoms with E-state index in [1.165, 1.54) is 4.90 Å². The van der Waals surface area contributed by atoms with Gasteiger partial charge in [-0.2, -0.15) is 0 Å². The highest BCUT2D eigenvalue weighted by atomic mass is 16.5. The van der Waals surface area contributed by atoms with E-state index in [-0.39, 0.29) is 25.0 Å². The Morgan fingerprint density at radius 2 is 2.00 bits per heavy atom. The minimum Gasteiger partial charge on any atom is -0.480 e. The topological polar surface area (TPSA) is 66.8 Å². The van der Waals surface area contributed by atoms with Crippen molar-refractivity contribution in [2.75, 3.05) is 18.1 Å². The number of carbonyl (C=O) groups is 2. The number of benzene rings is 1. The van der Waals surface area contributed by atoms with Crippen molar-refractivity contribution in [1.29, 1.82) is 0 Å². The molecule has 1 N–H and O–H groups in total. The molecule has 2 rings (SSSR count). The number of anilines is 1. The number of carbonyl (C=O) groups excluding carboxylic acids is 1. The summed E-state index contributed by atoms with van der Waals surface area (Å²) in [5.41, 5.74) is 0.607. The highest BCUT2D eigenvalue weighted by Crippen LogP contribution is 2.19. The highest BCUT2D eigenvalue weighted by molar-refractivity contribution is 5.97. The highest BCUT2D eigenvalue weighted by Gasteiger charge is 2.24. The number of aliphatic carboxylic acids is 1. The third kappa shape index (κ3) is 4.06. The zero-order valence-corrected chi connectivity index (χ0v) is 11.3. The number of carboxylic acids is 1. The first-order valence-electron chi connectivity index (χ1n) is 6.85. The van der Waals surface area contributed by atoms with Crippen LogP contribution >= 0.6 is 0 Å². The van der Waals surface area contributed by atoms with Crippen molar-refractivity contribution in [3.05, 3.63) is 30.3 Å². The zero-order valence-electron chi connectivity index (χ0n) is 11.3. The number of hydrogen-bond acceptors (Lipinski definition) is 3. The predicted octanol–water partition coefficient (Wildman–Crippen LogP) is 2.06. The number of para-hydroxylation sites is 1. The average Bonchev–Trinajstić information content (AvgIpc) is 2.46. The molecule has 1 aliphatic heterocycles. The molecule has 1 aromatic carbocycles. The molecule has 1 aromatic rings. The lowest BCUT2D eigenvalue weighted by atomic mass is 10.1. The number of nitrogens with zero attached hydrogens (tertiary/aromatic N) is 1. The Labute approximate surface area is 118 Å². The van der Waals surface area contributed by atoms with Gasteiger partial charge >= 0.3 is 5.97 Å². The van der Waals surface area contributed by atoms with Gasteiger partial charge in [0.15, 0.2) is 0 Å². The molecule has 1 aliphatic rings. The fourth-order valence-electron chi connectivity index (χ4n) is 2.34. The van der Waals surface area contributed by atoms with Crippen molar-refractivity contribution in [2.45, 2.75) is 31.8 Å². The monoisotopic (exact) mass is 277 g/mol. The molecule has 0 radical (unpaired) electrons. The van der Waals surface area contributed by atoms with Crippen molar-refractivity contribution in [3.8, 4) is 0 Å². The van der Waals surface area contributed by atoms with Gasteiger partial charge in [0, 0.05) is 12.3 Å². The van der Waals surface area contributed by atoms with Gasteiger partial charge in [0.1, 0.15) is 6.54 Å². The second-order valence-corrected chi connectivity index (χ2v) is 4.90. The van der Waals surface area contributed by atoms with E-state index in [9.17, 15) is 9.59 Å². The SMILES string of the molecule is O=C(O)CN(C(=O)CC1CCCCO1)c1ccccc1. The molecule has 20 heavy (non-hydrogen) atoms. The van der Waals surface area contributed by atoms with Crippen LogP contribution in [0.5, 0.6) is 0 Å². The van der Waals surface area contributed by atoms with Crippen molar-refractivity contribution in [2.24, 2.45) is 0 Å². The van der Waals surface area contributed by atoms with Crippen LogP contribution in [0.4, 0.5) is 5.69 Å². The fourth-order valence-corrected chi connectivity index (χ4v) is 2.34. The second kappa shape index (κ2) is 7.05. The van der Waals surface area contributed by atoms with Gasteiger partial charge in [0.25, 0.3) is 0 Å². The van der Waals surface area contributed by atoms with E-state index in [1.54, 1.807) is 24.3 Å². The Balaban J connectivity index is 2.05. The molecule has 1 amide bonds. The van der Waals surface area contributed by atoms with Crippen LogP contribution < -0.4 is 4.90 Å². The van der Waals surface area contributed by atoms with Crippen molar-refractivity contribution in [1.82, 2.24) is 0 Å². The summed E-state index contributed by atoms with van der Waals surface area (Å²) in [6.07, 6.45) is 3.10. The van der Waals surface area contributed by atoms with E-state index in [0.717, 1.165) is 19.3 Å². The van der Waals surface area contributed by atoms with Crippen LogP contribution in [-0.4, -0.2) is 36.2 Å². The Morgan fingerprint density at radius 3 is 2.60 bits per heavy atom. The van der Waals surface area contributed by atoms with E-state index in [0.29, 0.717) is 12.3 Å². The van der Waals surface area contributed by atoms with Crippen LogP contribution in [0.25, 0.3) is 0 Å². The number of carboxylic acid groups (broad SMARTS) is 1. The van der Waals surface area contributed by atoms with Gasteiger partial charge in [-0.25, -0.2) is 0 Å². The van der Waals surface area contributed by atoms with Crippen LogP contribution in [0.15, 0.2) is 30.3 Å². The van der Waals surface area contributed by atoms with E-state index in [1.807, 2.05) is 6.07 Å². The molecule has 5 heteroatoms. The normalized spacial score (nSPS) is 18.5.